The van der Waals surface area contributed by atoms with Crippen molar-refractivity contribution < 1.29 is 23.4 Å². The van der Waals surface area contributed by atoms with E-state index < -0.39 is 23.6 Å². The van der Waals surface area contributed by atoms with Crippen molar-refractivity contribution in [3.63, 3.8) is 0 Å². The van der Waals surface area contributed by atoms with Gasteiger partial charge in [0.25, 0.3) is 5.91 Å². The summed E-state index contributed by atoms with van der Waals surface area (Å²) in [5.74, 6) is -1.51. The zero-order chi connectivity index (χ0) is 23.4. The lowest BCUT2D eigenvalue weighted by Crippen LogP contribution is -2.39. The molecule has 1 atom stereocenters. The van der Waals surface area contributed by atoms with E-state index in [2.05, 4.69) is 10.3 Å². The number of aromatic nitrogens is 2. The number of benzene rings is 2. The van der Waals surface area contributed by atoms with Crippen LogP contribution in [0.3, 0.4) is 0 Å². The van der Waals surface area contributed by atoms with Crippen LogP contribution in [0.25, 0.3) is 5.65 Å². The monoisotopic (exact) mass is 451 g/mol. The standard InChI is InChI=1S/C25H23F2N3O3/c1-16-23(25(32)29-18(14-31)13-17-7-3-2-4-8-17)30-12-6-11-22(24(30)28-16)33-15-19-20(26)9-5-10-21(19)27/h2-12,18,31H,13-15H2,1H3,(H,29,32). The van der Waals surface area contributed by atoms with E-state index >= 15 is 0 Å². The SMILES string of the molecule is Cc1nc2c(OCc3c(F)cccc3F)cccn2c1C(=O)NC(CO)Cc1ccccc1. The summed E-state index contributed by atoms with van der Waals surface area (Å²) in [7, 11) is 0. The van der Waals surface area contributed by atoms with Crippen LogP contribution in [0.5, 0.6) is 5.75 Å². The number of carbonyl (C=O) groups is 1. The van der Waals surface area contributed by atoms with E-state index in [-0.39, 0.29) is 24.5 Å². The number of ether oxygens (including phenoxy) is 1. The highest BCUT2D eigenvalue weighted by Crippen LogP contribution is 2.24. The van der Waals surface area contributed by atoms with E-state index in [1.807, 2.05) is 30.3 Å². The molecule has 0 aliphatic carbocycles. The largest absolute Gasteiger partial charge is 0.485 e. The minimum atomic E-state index is -0.699. The summed E-state index contributed by atoms with van der Waals surface area (Å²) in [6, 6.07) is 16.0. The summed E-state index contributed by atoms with van der Waals surface area (Å²) in [5.41, 5.74) is 1.90. The number of pyridine rings is 1. The third-order valence-corrected chi connectivity index (χ3v) is 5.32. The molecule has 0 aliphatic heterocycles. The Balaban J connectivity index is 1.56. The molecule has 6 nitrogen and oxygen atoms in total. The van der Waals surface area contributed by atoms with Gasteiger partial charge in [0, 0.05) is 6.20 Å². The molecule has 8 heteroatoms. The molecular weight excluding hydrogens is 428 g/mol. The molecule has 0 spiro atoms. The molecule has 4 aromatic rings. The zero-order valence-electron chi connectivity index (χ0n) is 18.0. The molecule has 1 unspecified atom stereocenters. The molecule has 1 amide bonds. The Hall–Kier alpha value is -3.78. The van der Waals surface area contributed by atoms with Crippen molar-refractivity contribution in [3.05, 3.63) is 101 Å². The molecule has 0 fully saturated rings. The van der Waals surface area contributed by atoms with Crippen molar-refractivity contribution in [2.45, 2.75) is 26.0 Å². The highest BCUT2D eigenvalue weighted by atomic mass is 19.1. The lowest BCUT2D eigenvalue weighted by molar-refractivity contribution is 0.0910. The van der Waals surface area contributed by atoms with Crippen molar-refractivity contribution >= 4 is 11.6 Å². The number of hydrogen-bond acceptors (Lipinski definition) is 4. The maximum absolute atomic E-state index is 13.9. The van der Waals surface area contributed by atoms with E-state index in [1.165, 1.54) is 6.07 Å². The molecule has 2 aromatic heterocycles. The van der Waals surface area contributed by atoms with Crippen LogP contribution in [0, 0.1) is 18.6 Å². The molecule has 33 heavy (non-hydrogen) atoms. The predicted molar refractivity (Wildman–Crippen MR) is 119 cm³/mol. The Morgan fingerprint density at radius 2 is 1.82 bits per heavy atom. The normalized spacial score (nSPS) is 12.0. The van der Waals surface area contributed by atoms with Gasteiger partial charge in [0.2, 0.25) is 0 Å². The molecule has 0 bridgehead atoms. The van der Waals surface area contributed by atoms with Gasteiger partial charge in [-0.2, -0.15) is 0 Å². The van der Waals surface area contributed by atoms with Crippen molar-refractivity contribution in [1.29, 1.82) is 0 Å². The highest BCUT2D eigenvalue weighted by Gasteiger charge is 2.22. The Morgan fingerprint density at radius 1 is 1.09 bits per heavy atom. The second-order valence-corrected chi connectivity index (χ2v) is 7.64. The maximum Gasteiger partial charge on any atom is 0.270 e. The summed E-state index contributed by atoms with van der Waals surface area (Å²) in [5, 5.41) is 12.6. The van der Waals surface area contributed by atoms with Gasteiger partial charge in [-0.05, 0) is 43.2 Å². The van der Waals surface area contributed by atoms with E-state index in [0.29, 0.717) is 23.5 Å². The average Bonchev–Trinajstić information content (AvgIpc) is 3.15. The number of nitrogens with one attached hydrogen (secondary N) is 1. The summed E-state index contributed by atoms with van der Waals surface area (Å²) in [6.45, 7) is 1.14. The van der Waals surface area contributed by atoms with Gasteiger partial charge in [-0.1, -0.05) is 36.4 Å². The molecule has 170 valence electrons. The van der Waals surface area contributed by atoms with Crippen molar-refractivity contribution in [2.24, 2.45) is 0 Å². The van der Waals surface area contributed by atoms with E-state index in [1.54, 1.807) is 29.7 Å². The minimum absolute atomic E-state index is 0.188. The number of fused-ring (bicyclic) bond motifs is 1. The second-order valence-electron chi connectivity index (χ2n) is 7.64. The molecule has 2 aromatic carbocycles. The number of halogens is 2. The van der Waals surface area contributed by atoms with Crippen LogP contribution < -0.4 is 10.1 Å². The first-order valence-electron chi connectivity index (χ1n) is 10.5. The Labute approximate surface area is 189 Å². The summed E-state index contributed by atoms with van der Waals surface area (Å²) >= 11 is 0. The lowest BCUT2D eigenvalue weighted by atomic mass is 10.1. The lowest BCUT2D eigenvalue weighted by Gasteiger charge is -2.16. The Morgan fingerprint density at radius 3 is 2.52 bits per heavy atom. The highest BCUT2D eigenvalue weighted by molar-refractivity contribution is 5.95. The number of imidazole rings is 1. The molecule has 2 N–H and O–H groups in total. The van der Waals surface area contributed by atoms with Gasteiger partial charge in [-0.3, -0.25) is 9.20 Å². The molecule has 0 radical (unpaired) electrons. The van der Waals surface area contributed by atoms with Crippen LogP contribution in [0.4, 0.5) is 8.78 Å². The van der Waals surface area contributed by atoms with Gasteiger partial charge in [0.05, 0.1) is 23.9 Å². The fourth-order valence-corrected chi connectivity index (χ4v) is 3.68. The van der Waals surface area contributed by atoms with E-state index in [4.69, 9.17) is 4.74 Å². The number of aryl methyl sites for hydroxylation is 1. The van der Waals surface area contributed by atoms with Gasteiger partial charge in [0.15, 0.2) is 11.4 Å². The first kappa shape index (κ1) is 22.4. The van der Waals surface area contributed by atoms with Crippen LogP contribution >= 0.6 is 0 Å². The van der Waals surface area contributed by atoms with Gasteiger partial charge in [-0.15, -0.1) is 0 Å². The second kappa shape index (κ2) is 9.79. The maximum atomic E-state index is 13.9. The average molecular weight is 451 g/mol. The number of aliphatic hydroxyl groups excluding tert-OH is 1. The summed E-state index contributed by atoms with van der Waals surface area (Å²) in [4.78, 5) is 17.5. The van der Waals surface area contributed by atoms with Gasteiger partial charge in [0.1, 0.15) is 23.9 Å². The first-order chi connectivity index (χ1) is 16.0. The van der Waals surface area contributed by atoms with Crippen molar-refractivity contribution in [2.75, 3.05) is 6.61 Å². The molecule has 0 saturated carbocycles. The van der Waals surface area contributed by atoms with Crippen molar-refractivity contribution in [3.8, 4) is 5.75 Å². The number of carbonyl (C=O) groups excluding carboxylic acids is 1. The Kier molecular flexibility index (Phi) is 6.65. The first-order valence-corrected chi connectivity index (χ1v) is 10.5. The fourth-order valence-electron chi connectivity index (χ4n) is 3.68. The van der Waals surface area contributed by atoms with Crippen molar-refractivity contribution in [1.82, 2.24) is 14.7 Å². The van der Waals surface area contributed by atoms with Crippen LogP contribution in [0.1, 0.15) is 27.3 Å². The quantitative estimate of drug-likeness (QED) is 0.427. The number of aliphatic hydroxyl groups is 1. The number of hydrogen-bond donors (Lipinski definition) is 2. The van der Waals surface area contributed by atoms with Crippen LogP contribution in [0.2, 0.25) is 0 Å². The van der Waals surface area contributed by atoms with E-state index in [0.717, 1.165) is 17.7 Å². The number of nitrogens with zero attached hydrogens (tertiary/aromatic N) is 2. The van der Waals surface area contributed by atoms with Crippen LogP contribution in [-0.2, 0) is 13.0 Å². The molecule has 0 aliphatic rings. The van der Waals surface area contributed by atoms with Crippen LogP contribution in [-0.4, -0.2) is 33.0 Å². The third-order valence-electron chi connectivity index (χ3n) is 5.32. The Bertz CT molecular complexity index is 1250. The number of rotatable bonds is 8. The zero-order valence-corrected chi connectivity index (χ0v) is 18.0. The fraction of sp³-hybridized carbons (Fsp3) is 0.200. The van der Waals surface area contributed by atoms with Crippen LogP contribution in [0.15, 0.2) is 66.9 Å². The number of amides is 1. The minimum Gasteiger partial charge on any atom is -0.485 e. The summed E-state index contributed by atoms with van der Waals surface area (Å²) < 4.78 is 35.1. The summed E-state index contributed by atoms with van der Waals surface area (Å²) in [6.07, 6.45) is 2.13. The predicted octanol–water partition coefficient (Wildman–Crippen LogP) is 3.83. The van der Waals surface area contributed by atoms with Gasteiger partial charge in [-0.25, -0.2) is 13.8 Å². The van der Waals surface area contributed by atoms with Gasteiger partial charge >= 0.3 is 0 Å². The smallest absolute Gasteiger partial charge is 0.270 e. The molecule has 2 heterocycles. The van der Waals surface area contributed by atoms with E-state index in [9.17, 15) is 18.7 Å². The van der Waals surface area contributed by atoms with Gasteiger partial charge < -0.3 is 15.2 Å². The molecule has 0 saturated heterocycles. The molecule has 4 rings (SSSR count). The topological polar surface area (TPSA) is 75.9 Å². The third kappa shape index (κ3) is 4.85. The molecular formula is C25H23F2N3O3.